The zero-order valence-corrected chi connectivity index (χ0v) is 9.59. The van der Waals surface area contributed by atoms with Crippen molar-refractivity contribution in [2.45, 2.75) is 32.7 Å². The predicted molar refractivity (Wildman–Crippen MR) is 60.5 cm³/mol. The first kappa shape index (κ1) is 9.72. The Bertz CT molecular complexity index is 352. The molecule has 1 nitrogen and oxygen atoms in total. The van der Waals surface area contributed by atoms with Gasteiger partial charge in [0, 0.05) is 18.5 Å². The van der Waals surface area contributed by atoms with Crippen LogP contribution >= 0.6 is 0 Å². The summed E-state index contributed by atoms with van der Waals surface area (Å²) in [6, 6.07) is 6.86. The smallest absolute Gasteiger partial charge is 0.0234 e. The largest absolute Gasteiger partial charge is 0.301 e. The Kier molecular flexibility index (Phi) is 2.15. The second-order valence-corrected chi connectivity index (χ2v) is 5.22. The molecule has 0 aliphatic carbocycles. The molecule has 0 saturated carbocycles. The van der Waals surface area contributed by atoms with Gasteiger partial charge in [0.25, 0.3) is 0 Å². The van der Waals surface area contributed by atoms with E-state index in [0.717, 1.165) is 13.1 Å². The van der Waals surface area contributed by atoms with E-state index in [2.05, 4.69) is 50.9 Å². The Morgan fingerprint density at radius 3 is 2.71 bits per heavy atom. The Labute approximate surface area is 86.7 Å². The summed E-state index contributed by atoms with van der Waals surface area (Å²) in [6.45, 7) is 9.08. The Morgan fingerprint density at radius 1 is 1.29 bits per heavy atom. The average Bonchev–Trinajstić information content (AvgIpc) is 2.00. The van der Waals surface area contributed by atoms with Crippen LogP contribution in [0.15, 0.2) is 18.2 Å². The van der Waals surface area contributed by atoms with Gasteiger partial charge < -0.3 is 4.90 Å². The van der Waals surface area contributed by atoms with Crippen molar-refractivity contribution in [3.8, 4) is 0 Å². The Hall–Kier alpha value is -0.820. The van der Waals surface area contributed by atoms with Crippen LogP contribution < -0.4 is 0 Å². The molecule has 1 heteroatoms. The summed E-state index contributed by atoms with van der Waals surface area (Å²) in [5.41, 5.74) is 4.70. The molecule has 0 amide bonds. The van der Waals surface area contributed by atoms with E-state index in [1.807, 2.05) is 0 Å². The van der Waals surface area contributed by atoms with Crippen LogP contribution in [0, 0.1) is 6.92 Å². The molecule has 0 unspecified atom stereocenters. The van der Waals surface area contributed by atoms with Crippen molar-refractivity contribution >= 4 is 0 Å². The third-order valence-corrected chi connectivity index (χ3v) is 3.10. The zero-order valence-electron chi connectivity index (χ0n) is 9.59. The maximum absolute atomic E-state index is 2.40. The average molecular weight is 189 g/mol. The highest BCUT2D eigenvalue weighted by Gasteiger charge is 2.29. The highest BCUT2D eigenvalue weighted by molar-refractivity contribution is 5.38. The third-order valence-electron chi connectivity index (χ3n) is 3.10. The van der Waals surface area contributed by atoms with Crippen LogP contribution in [0.5, 0.6) is 0 Å². The van der Waals surface area contributed by atoms with Crippen LogP contribution in [-0.2, 0) is 12.0 Å². The van der Waals surface area contributed by atoms with Crippen molar-refractivity contribution in [2.75, 3.05) is 13.6 Å². The summed E-state index contributed by atoms with van der Waals surface area (Å²) in [6.07, 6.45) is 0. The molecule has 1 aliphatic heterocycles. The fraction of sp³-hybridized carbons (Fsp3) is 0.538. The summed E-state index contributed by atoms with van der Waals surface area (Å²) in [5.74, 6) is 0. The van der Waals surface area contributed by atoms with Crippen molar-refractivity contribution in [1.82, 2.24) is 4.90 Å². The van der Waals surface area contributed by atoms with E-state index in [0.29, 0.717) is 5.41 Å². The molecule has 0 N–H and O–H groups in total. The van der Waals surface area contributed by atoms with Gasteiger partial charge in [-0.2, -0.15) is 0 Å². The van der Waals surface area contributed by atoms with Gasteiger partial charge in [0.15, 0.2) is 0 Å². The topological polar surface area (TPSA) is 3.24 Å². The lowest BCUT2D eigenvalue weighted by molar-refractivity contribution is 0.235. The SMILES string of the molecule is Cc1ccc2c(c1)CN(C)CC2(C)C. The lowest BCUT2D eigenvalue weighted by Gasteiger charge is -2.38. The monoisotopic (exact) mass is 189 g/mol. The first-order valence-electron chi connectivity index (χ1n) is 5.27. The van der Waals surface area contributed by atoms with Crippen molar-refractivity contribution in [2.24, 2.45) is 0 Å². The first-order chi connectivity index (χ1) is 6.49. The molecule has 0 atom stereocenters. The van der Waals surface area contributed by atoms with E-state index < -0.39 is 0 Å². The standard InChI is InChI=1S/C13H19N/c1-10-5-6-12-11(7-10)8-14(4)9-13(12,2)3/h5-7H,8-9H2,1-4H3. The molecule has 0 aromatic heterocycles. The lowest BCUT2D eigenvalue weighted by atomic mass is 9.78. The van der Waals surface area contributed by atoms with Gasteiger partial charge in [-0.05, 0) is 25.1 Å². The van der Waals surface area contributed by atoms with Gasteiger partial charge >= 0.3 is 0 Å². The summed E-state index contributed by atoms with van der Waals surface area (Å²) >= 11 is 0. The minimum atomic E-state index is 0.302. The molecular weight excluding hydrogens is 170 g/mol. The fourth-order valence-electron chi connectivity index (χ4n) is 2.62. The second kappa shape index (κ2) is 3.09. The number of fused-ring (bicyclic) bond motifs is 1. The normalized spacial score (nSPS) is 20.6. The second-order valence-electron chi connectivity index (χ2n) is 5.22. The molecule has 0 spiro atoms. The van der Waals surface area contributed by atoms with Crippen LogP contribution in [0.2, 0.25) is 0 Å². The molecule has 76 valence electrons. The minimum Gasteiger partial charge on any atom is -0.301 e. The fourth-order valence-corrected chi connectivity index (χ4v) is 2.62. The van der Waals surface area contributed by atoms with E-state index in [-0.39, 0.29) is 0 Å². The number of likely N-dealkylation sites (N-methyl/N-ethyl adjacent to an activating group) is 1. The quantitative estimate of drug-likeness (QED) is 0.606. The van der Waals surface area contributed by atoms with E-state index in [9.17, 15) is 0 Å². The van der Waals surface area contributed by atoms with E-state index in [1.165, 1.54) is 16.7 Å². The number of nitrogens with zero attached hydrogens (tertiary/aromatic N) is 1. The predicted octanol–water partition coefficient (Wildman–Crippen LogP) is 2.72. The van der Waals surface area contributed by atoms with Crippen LogP contribution in [-0.4, -0.2) is 18.5 Å². The molecule has 0 fully saturated rings. The number of hydrogen-bond donors (Lipinski definition) is 0. The number of benzene rings is 1. The molecule has 1 heterocycles. The molecular formula is C13H19N. The third kappa shape index (κ3) is 1.57. The van der Waals surface area contributed by atoms with Gasteiger partial charge in [0.05, 0.1) is 0 Å². The molecule has 0 saturated heterocycles. The Balaban J connectivity index is 2.52. The molecule has 14 heavy (non-hydrogen) atoms. The minimum absolute atomic E-state index is 0.302. The Morgan fingerprint density at radius 2 is 2.00 bits per heavy atom. The molecule has 2 rings (SSSR count). The molecule has 1 aliphatic rings. The van der Waals surface area contributed by atoms with Crippen molar-refractivity contribution in [3.63, 3.8) is 0 Å². The lowest BCUT2D eigenvalue weighted by Crippen LogP contribution is -2.39. The molecule has 0 radical (unpaired) electrons. The van der Waals surface area contributed by atoms with Crippen molar-refractivity contribution in [1.29, 1.82) is 0 Å². The molecule has 0 bridgehead atoms. The number of rotatable bonds is 0. The maximum Gasteiger partial charge on any atom is 0.0234 e. The van der Waals surface area contributed by atoms with Crippen molar-refractivity contribution < 1.29 is 0 Å². The van der Waals surface area contributed by atoms with Crippen LogP contribution in [0.3, 0.4) is 0 Å². The zero-order chi connectivity index (χ0) is 10.3. The number of hydrogen-bond acceptors (Lipinski definition) is 1. The van der Waals surface area contributed by atoms with E-state index in [1.54, 1.807) is 0 Å². The van der Waals surface area contributed by atoms with Gasteiger partial charge in [-0.3, -0.25) is 0 Å². The van der Waals surface area contributed by atoms with Gasteiger partial charge in [-0.1, -0.05) is 37.6 Å². The molecule has 1 aromatic rings. The highest BCUT2D eigenvalue weighted by atomic mass is 15.1. The van der Waals surface area contributed by atoms with Gasteiger partial charge in [0.1, 0.15) is 0 Å². The van der Waals surface area contributed by atoms with Crippen LogP contribution in [0.4, 0.5) is 0 Å². The maximum atomic E-state index is 2.40. The summed E-state index contributed by atoms with van der Waals surface area (Å²) in [5, 5.41) is 0. The van der Waals surface area contributed by atoms with Crippen LogP contribution in [0.1, 0.15) is 30.5 Å². The first-order valence-corrected chi connectivity index (χ1v) is 5.27. The van der Waals surface area contributed by atoms with E-state index in [4.69, 9.17) is 0 Å². The van der Waals surface area contributed by atoms with Crippen molar-refractivity contribution in [3.05, 3.63) is 34.9 Å². The number of aryl methyl sites for hydroxylation is 1. The van der Waals surface area contributed by atoms with E-state index >= 15 is 0 Å². The summed E-state index contributed by atoms with van der Waals surface area (Å²) in [7, 11) is 2.20. The highest BCUT2D eigenvalue weighted by Crippen LogP contribution is 2.32. The van der Waals surface area contributed by atoms with Gasteiger partial charge in [-0.25, -0.2) is 0 Å². The van der Waals surface area contributed by atoms with Gasteiger partial charge in [0.2, 0.25) is 0 Å². The summed E-state index contributed by atoms with van der Waals surface area (Å²) in [4.78, 5) is 2.40. The summed E-state index contributed by atoms with van der Waals surface area (Å²) < 4.78 is 0. The molecule has 1 aromatic carbocycles. The van der Waals surface area contributed by atoms with Gasteiger partial charge in [-0.15, -0.1) is 0 Å². The van der Waals surface area contributed by atoms with Crippen LogP contribution in [0.25, 0.3) is 0 Å².